The van der Waals surface area contributed by atoms with E-state index >= 15 is 0 Å². The molecule has 0 saturated carbocycles. The first-order valence-electron chi connectivity index (χ1n) is 12.9. The van der Waals surface area contributed by atoms with E-state index in [9.17, 15) is 0 Å². The van der Waals surface area contributed by atoms with E-state index < -0.39 is 0 Å². The normalized spacial score (nSPS) is 13.5. The first-order valence-corrected chi connectivity index (χ1v) is 12.9. The Morgan fingerprint density at radius 3 is 1.79 bits per heavy atom. The monoisotopic (exact) mass is 445 g/mol. The molecule has 0 bridgehead atoms. The minimum atomic E-state index is 0.00641. The van der Waals surface area contributed by atoms with Crippen molar-refractivity contribution in [3.8, 4) is 33.4 Å². The number of hydrogen-bond acceptors (Lipinski definition) is 1. The summed E-state index contributed by atoms with van der Waals surface area (Å²) < 4.78 is 0. The molecule has 0 saturated heterocycles. The number of rotatable bonds is 8. The molecule has 0 heterocycles. The van der Waals surface area contributed by atoms with Crippen molar-refractivity contribution in [2.45, 2.75) is 57.8 Å². The predicted molar refractivity (Wildman–Crippen MR) is 147 cm³/mol. The van der Waals surface area contributed by atoms with E-state index in [0.29, 0.717) is 0 Å². The van der Waals surface area contributed by atoms with Crippen LogP contribution in [0.5, 0.6) is 0 Å². The zero-order valence-corrected chi connectivity index (χ0v) is 20.5. The van der Waals surface area contributed by atoms with Crippen LogP contribution in [0.15, 0.2) is 91.0 Å². The molecule has 0 aromatic heterocycles. The molecule has 0 spiro atoms. The minimum Gasteiger partial charge on any atom is -0.398 e. The van der Waals surface area contributed by atoms with Gasteiger partial charge in [-0.2, -0.15) is 0 Å². The van der Waals surface area contributed by atoms with Crippen molar-refractivity contribution in [1.82, 2.24) is 0 Å². The fraction of sp³-hybridized carbons (Fsp3) is 0.273. The van der Waals surface area contributed by atoms with Gasteiger partial charge in [0.25, 0.3) is 0 Å². The summed E-state index contributed by atoms with van der Waals surface area (Å²) in [6, 6.07) is 33.0. The molecular formula is C33H35N. The maximum atomic E-state index is 7.13. The Morgan fingerprint density at radius 1 is 0.618 bits per heavy atom. The highest BCUT2D eigenvalue weighted by Gasteiger charge is 2.44. The standard InChI is InChI=1S/C33H35N/c1-3-5-21-33(22-6-4-2)29-20-14-13-19-26(29)28-23-27(24-15-9-7-10-16-24)32(34)30(31(28)33)25-17-11-8-12-18-25/h7-20,23H,3-6,21-22,34H2,1-2H3. The van der Waals surface area contributed by atoms with Crippen molar-refractivity contribution in [2.24, 2.45) is 0 Å². The lowest BCUT2D eigenvalue weighted by Gasteiger charge is -2.35. The fourth-order valence-corrected chi connectivity index (χ4v) is 6.04. The molecule has 2 N–H and O–H groups in total. The number of anilines is 1. The largest absolute Gasteiger partial charge is 0.398 e. The number of hydrogen-bond donors (Lipinski definition) is 1. The maximum Gasteiger partial charge on any atom is 0.0476 e. The van der Waals surface area contributed by atoms with Gasteiger partial charge in [-0.1, -0.05) is 124 Å². The summed E-state index contributed by atoms with van der Waals surface area (Å²) >= 11 is 0. The second-order valence-corrected chi connectivity index (χ2v) is 9.70. The van der Waals surface area contributed by atoms with E-state index in [1.54, 1.807) is 0 Å². The SMILES string of the molecule is CCCCC1(CCCC)c2ccccc2-c2cc(-c3ccccc3)c(N)c(-c3ccccc3)c21. The Morgan fingerprint density at radius 2 is 1.18 bits per heavy atom. The quantitative estimate of drug-likeness (QED) is 0.269. The molecule has 0 aliphatic heterocycles. The first-order chi connectivity index (χ1) is 16.7. The molecule has 0 radical (unpaired) electrons. The van der Waals surface area contributed by atoms with Crippen molar-refractivity contribution in [2.75, 3.05) is 5.73 Å². The molecular weight excluding hydrogens is 410 g/mol. The zero-order chi connectivity index (χ0) is 23.5. The van der Waals surface area contributed by atoms with Crippen LogP contribution in [0.2, 0.25) is 0 Å². The van der Waals surface area contributed by atoms with Gasteiger partial charge in [0.1, 0.15) is 0 Å². The Kier molecular flexibility index (Phi) is 6.28. The highest BCUT2D eigenvalue weighted by molar-refractivity contribution is 6.00. The van der Waals surface area contributed by atoms with Gasteiger partial charge >= 0.3 is 0 Å². The molecule has 5 rings (SSSR count). The van der Waals surface area contributed by atoms with Crippen LogP contribution >= 0.6 is 0 Å². The van der Waals surface area contributed by atoms with E-state index in [4.69, 9.17) is 5.73 Å². The van der Waals surface area contributed by atoms with Crippen LogP contribution in [0.25, 0.3) is 33.4 Å². The predicted octanol–water partition coefficient (Wildman–Crippen LogP) is 9.25. The Bertz CT molecular complexity index is 1260. The van der Waals surface area contributed by atoms with Crippen LogP contribution in [-0.4, -0.2) is 0 Å². The average molecular weight is 446 g/mol. The number of fused-ring (bicyclic) bond motifs is 3. The Labute approximate surface area is 204 Å². The summed E-state index contributed by atoms with van der Waals surface area (Å²) in [7, 11) is 0. The molecule has 0 atom stereocenters. The van der Waals surface area contributed by atoms with E-state index in [0.717, 1.165) is 24.1 Å². The summed E-state index contributed by atoms with van der Waals surface area (Å²) in [5.41, 5.74) is 18.5. The van der Waals surface area contributed by atoms with Gasteiger partial charge < -0.3 is 5.73 Å². The van der Waals surface area contributed by atoms with Gasteiger partial charge in [-0.25, -0.2) is 0 Å². The van der Waals surface area contributed by atoms with E-state index in [2.05, 4.69) is 105 Å². The van der Waals surface area contributed by atoms with Gasteiger partial charge in [0, 0.05) is 22.2 Å². The molecule has 0 unspecified atom stereocenters. The van der Waals surface area contributed by atoms with Crippen LogP contribution in [0.4, 0.5) is 5.69 Å². The van der Waals surface area contributed by atoms with Crippen molar-refractivity contribution in [3.05, 3.63) is 102 Å². The lowest BCUT2D eigenvalue weighted by atomic mass is 9.68. The maximum absolute atomic E-state index is 7.13. The second kappa shape index (κ2) is 9.50. The van der Waals surface area contributed by atoms with Gasteiger partial charge in [-0.15, -0.1) is 0 Å². The third-order valence-corrected chi connectivity index (χ3v) is 7.64. The number of benzene rings is 4. The van der Waals surface area contributed by atoms with Gasteiger partial charge in [-0.3, -0.25) is 0 Å². The molecule has 4 aromatic carbocycles. The third-order valence-electron chi connectivity index (χ3n) is 7.64. The molecule has 34 heavy (non-hydrogen) atoms. The lowest BCUT2D eigenvalue weighted by Crippen LogP contribution is -2.26. The smallest absolute Gasteiger partial charge is 0.0476 e. The topological polar surface area (TPSA) is 26.0 Å². The summed E-state index contributed by atoms with van der Waals surface area (Å²) in [5.74, 6) is 0. The molecule has 1 aliphatic carbocycles. The Balaban J connectivity index is 1.89. The zero-order valence-electron chi connectivity index (χ0n) is 20.5. The molecule has 1 heteroatoms. The van der Waals surface area contributed by atoms with Gasteiger partial charge in [0.2, 0.25) is 0 Å². The highest BCUT2D eigenvalue weighted by atomic mass is 14.6. The summed E-state index contributed by atoms with van der Waals surface area (Å²) in [6.45, 7) is 4.61. The van der Waals surface area contributed by atoms with Crippen LogP contribution < -0.4 is 5.73 Å². The van der Waals surface area contributed by atoms with E-state index in [-0.39, 0.29) is 5.41 Å². The van der Waals surface area contributed by atoms with E-state index in [1.165, 1.54) is 64.6 Å². The number of unbranched alkanes of at least 4 members (excludes halogenated alkanes) is 2. The van der Waals surface area contributed by atoms with Crippen molar-refractivity contribution in [1.29, 1.82) is 0 Å². The molecule has 0 fully saturated rings. The van der Waals surface area contributed by atoms with Crippen molar-refractivity contribution in [3.63, 3.8) is 0 Å². The van der Waals surface area contributed by atoms with Crippen LogP contribution in [-0.2, 0) is 5.41 Å². The van der Waals surface area contributed by atoms with Crippen molar-refractivity contribution >= 4 is 5.69 Å². The lowest BCUT2D eigenvalue weighted by molar-refractivity contribution is 0.415. The number of nitrogen functional groups attached to an aromatic ring is 1. The minimum absolute atomic E-state index is 0.00641. The molecule has 172 valence electrons. The number of nitrogens with two attached hydrogens (primary N) is 1. The Hall–Kier alpha value is -3.32. The van der Waals surface area contributed by atoms with Gasteiger partial charge in [0.05, 0.1) is 0 Å². The van der Waals surface area contributed by atoms with Gasteiger partial charge in [-0.05, 0) is 52.3 Å². The summed E-state index contributed by atoms with van der Waals surface area (Å²) in [4.78, 5) is 0. The van der Waals surface area contributed by atoms with Crippen LogP contribution in [0, 0.1) is 0 Å². The molecule has 4 aromatic rings. The van der Waals surface area contributed by atoms with Gasteiger partial charge in [0.15, 0.2) is 0 Å². The molecule has 0 amide bonds. The fourth-order valence-electron chi connectivity index (χ4n) is 6.04. The average Bonchev–Trinajstić information content (AvgIpc) is 3.16. The summed E-state index contributed by atoms with van der Waals surface area (Å²) in [6.07, 6.45) is 7.15. The first kappa shape index (κ1) is 22.5. The molecule has 1 aliphatic rings. The van der Waals surface area contributed by atoms with E-state index in [1.807, 2.05) is 0 Å². The summed E-state index contributed by atoms with van der Waals surface area (Å²) in [5, 5.41) is 0. The van der Waals surface area contributed by atoms with Crippen molar-refractivity contribution < 1.29 is 0 Å². The van der Waals surface area contributed by atoms with Crippen LogP contribution in [0.1, 0.15) is 63.5 Å². The molecule has 1 nitrogen and oxygen atoms in total. The third kappa shape index (κ3) is 3.64. The second-order valence-electron chi connectivity index (χ2n) is 9.70. The highest BCUT2D eigenvalue weighted by Crippen LogP contribution is 2.59. The van der Waals surface area contributed by atoms with Crippen LogP contribution in [0.3, 0.4) is 0 Å².